The van der Waals surface area contributed by atoms with Crippen LogP contribution in [0.1, 0.15) is 5.56 Å². The fourth-order valence-corrected chi connectivity index (χ4v) is 1.97. The Kier molecular flexibility index (Phi) is 3.14. The van der Waals surface area contributed by atoms with E-state index in [1.54, 1.807) is 18.9 Å². The highest BCUT2D eigenvalue weighted by atomic mass is 16.5. The van der Waals surface area contributed by atoms with Gasteiger partial charge in [-0.05, 0) is 19.1 Å². The van der Waals surface area contributed by atoms with Gasteiger partial charge in [0, 0.05) is 18.2 Å². The zero-order valence-corrected chi connectivity index (χ0v) is 11.0. The number of hydrogen-bond donors (Lipinski definition) is 1. The van der Waals surface area contributed by atoms with Gasteiger partial charge < -0.3 is 15.2 Å². The number of anilines is 1. The molecule has 96 valence electrons. The van der Waals surface area contributed by atoms with E-state index in [4.69, 9.17) is 15.2 Å². The first kappa shape index (κ1) is 12.3. The lowest BCUT2D eigenvalue weighted by atomic mass is 10.1. The van der Waals surface area contributed by atoms with Crippen LogP contribution < -0.4 is 15.2 Å². The van der Waals surface area contributed by atoms with E-state index in [0.29, 0.717) is 17.3 Å². The van der Waals surface area contributed by atoms with Crippen molar-refractivity contribution in [2.75, 3.05) is 20.0 Å². The van der Waals surface area contributed by atoms with Crippen LogP contribution in [0, 0.1) is 6.92 Å². The van der Waals surface area contributed by atoms with Crippen LogP contribution in [-0.4, -0.2) is 24.0 Å². The Balaban J connectivity index is 2.67. The van der Waals surface area contributed by atoms with Crippen LogP contribution in [0.3, 0.4) is 0 Å². The van der Waals surface area contributed by atoms with Crippen LogP contribution in [0.2, 0.25) is 0 Å². The van der Waals surface area contributed by atoms with E-state index in [2.05, 4.69) is 5.10 Å². The molecule has 0 aliphatic heterocycles. The third kappa shape index (κ3) is 1.77. The van der Waals surface area contributed by atoms with Gasteiger partial charge in [-0.1, -0.05) is 6.07 Å². The van der Waals surface area contributed by atoms with Crippen molar-refractivity contribution < 1.29 is 9.47 Å². The molecule has 2 rings (SSSR count). The van der Waals surface area contributed by atoms with Crippen molar-refractivity contribution in [3.63, 3.8) is 0 Å². The zero-order chi connectivity index (χ0) is 13.3. The van der Waals surface area contributed by atoms with Crippen molar-refractivity contribution in [1.82, 2.24) is 9.78 Å². The van der Waals surface area contributed by atoms with E-state index in [9.17, 15) is 0 Å². The number of hydrogen-bond acceptors (Lipinski definition) is 4. The van der Waals surface area contributed by atoms with Gasteiger partial charge in [0.2, 0.25) is 0 Å². The summed E-state index contributed by atoms with van der Waals surface area (Å²) >= 11 is 0. The van der Waals surface area contributed by atoms with Gasteiger partial charge in [-0.25, -0.2) is 0 Å². The van der Waals surface area contributed by atoms with Crippen LogP contribution in [-0.2, 0) is 7.05 Å². The summed E-state index contributed by atoms with van der Waals surface area (Å²) in [5.74, 6) is 2.00. The van der Waals surface area contributed by atoms with E-state index in [0.717, 1.165) is 16.8 Å². The van der Waals surface area contributed by atoms with Crippen LogP contribution >= 0.6 is 0 Å². The average Bonchev–Trinajstić information content (AvgIpc) is 2.65. The van der Waals surface area contributed by atoms with Gasteiger partial charge in [0.05, 0.1) is 14.2 Å². The summed E-state index contributed by atoms with van der Waals surface area (Å²) < 4.78 is 12.4. The molecule has 0 spiro atoms. The Bertz CT molecular complexity index is 576. The van der Waals surface area contributed by atoms with Crippen LogP contribution in [0.25, 0.3) is 11.3 Å². The van der Waals surface area contributed by atoms with Crippen molar-refractivity contribution in [2.24, 2.45) is 7.05 Å². The summed E-state index contributed by atoms with van der Waals surface area (Å²) in [5.41, 5.74) is 8.55. The van der Waals surface area contributed by atoms with Crippen LogP contribution in [0.4, 0.5) is 5.82 Å². The maximum atomic E-state index is 5.93. The van der Waals surface area contributed by atoms with Crippen molar-refractivity contribution in [3.8, 4) is 22.8 Å². The van der Waals surface area contributed by atoms with E-state index in [1.807, 2.05) is 32.2 Å². The molecule has 5 heteroatoms. The number of rotatable bonds is 3. The Labute approximate surface area is 106 Å². The van der Waals surface area contributed by atoms with Gasteiger partial charge in [0.15, 0.2) is 11.5 Å². The fraction of sp³-hybridized carbons (Fsp3) is 0.308. The number of nitrogen functional groups attached to an aromatic ring is 1. The number of aryl methyl sites for hydroxylation is 1. The number of para-hydroxylation sites is 1. The number of methoxy groups -OCH3 is 2. The lowest BCUT2D eigenvalue weighted by molar-refractivity contribution is 0.356. The molecule has 0 unspecified atom stereocenters. The molecule has 0 saturated heterocycles. The number of ether oxygens (including phenoxy) is 2. The summed E-state index contributed by atoms with van der Waals surface area (Å²) in [5, 5.41) is 4.42. The van der Waals surface area contributed by atoms with E-state index >= 15 is 0 Å². The van der Waals surface area contributed by atoms with Gasteiger partial charge in [-0.2, -0.15) is 5.10 Å². The van der Waals surface area contributed by atoms with Crippen molar-refractivity contribution >= 4 is 5.82 Å². The maximum absolute atomic E-state index is 5.93. The molecule has 0 amide bonds. The second kappa shape index (κ2) is 4.60. The topological polar surface area (TPSA) is 62.3 Å². The molecule has 1 aromatic heterocycles. The highest BCUT2D eigenvalue weighted by Gasteiger charge is 2.18. The quantitative estimate of drug-likeness (QED) is 0.901. The largest absolute Gasteiger partial charge is 0.493 e. The van der Waals surface area contributed by atoms with Gasteiger partial charge >= 0.3 is 0 Å². The van der Waals surface area contributed by atoms with Gasteiger partial charge in [-0.3, -0.25) is 4.68 Å². The summed E-state index contributed by atoms with van der Waals surface area (Å²) in [7, 11) is 5.04. The van der Waals surface area contributed by atoms with Crippen molar-refractivity contribution in [1.29, 1.82) is 0 Å². The predicted molar refractivity (Wildman–Crippen MR) is 70.9 cm³/mol. The molecule has 5 nitrogen and oxygen atoms in total. The summed E-state index contributed by atoms with van der Waals surface area (Å²) in [4.78, 5) is 0. The van der Waals surface area contributed by atoms with E-state index in [-0.39, 0.29) is 0 Å². The number of nitrogens with two attached hydrogens (primary N) is 1. The summed E-state index contributed by atoms with van der Waals surface area (Å²) in [6.45, 7) is 1.94. The molecule has 0 atom stereocenters. The first-order chi connectivity index (χ1) is 8.60. The van der Waals surface area contributed by atoms with Crippen LogP contribution in [0.5, 0.6) is 11.5 Å². The summed E-state index contributed by atoms with van der Waals surface area (Å²) in [6, 6.07) is 5.70. The first-order valence-corrected chi connectivity index (χ1v) is 5.60. The van der Waals surface area contributed by atoms with Gasteiger partial charge in [0.1, 0.15) is 11.5 Å². The first-order valence-electron chi connectivity index (χ1n) is 5.60. The number of benzene rings is 1. The number of aromatic nitrogens is 2. The second-order valence-corrected chi connectivity index (χ2v) is 4.02. The molecule has 0 aliphatic carbocycles. The highest BCUT2D eigenvalue weighted by Crippen LogP contribution is 2.39. The monoisotopic (exact) mass is 247 g/mol. The molecule has 1 aromatic carbocycles. The molecule has 0 bridgehead atoms. The van der Waals surface area contributed by atoms with E-state index < -0.39 is 0 Å². The SMILES string of the molecule is COc1cccc(-c2nn(C)c(N)c2C)c1OC. The van der Waals surface area contributed by atoms with Crippen molar-refractivity contribution in [2.45, 2.75) is 6.92 Å². The summed E-state index contributed by atoms with van der Waals surface area (Å²) in [6.07, 6.45) is 0. The zero-order valence-electron chi connectivity index (χ0n) is 11.0. The Morgan fingerprint density at radius 2 is 1.94 bits per heavy atom. The smallest absolute Gasteiger partial charge is 0.170 e. The molecule has 2 aromatic rings. The minimum atomic E-state index is 0.648. The van der Waals surface area contributed by atoms with Crippen molar-refractivity contribution in [3.05, 3.63) is 23.8 Å². The highest BCUT2D eigenvalue weighted by molar-refractivity contribution is 5.75. The molecule has 0 aliphatic rings. The van der Waals surface area contributed by atoms with Gasteiger partial charge in [0.25, 0.3) is 0 Å². The molecule has 1 heterocycles. The molecule has 0 saturated carbocycles. The maximum Gasteiger partial charge on any atom is 0.170 e. The molecule has 18 heavy (non-hydrogen) atoms. The Morgan fingerprint density at radius 1 is 1.22 bits per heavy atom. The standard InChI is InChI=1S/C13H17N3O2/c1-8-11(15-16(2)13(8)14)9-6-5-7-10(17-3)12(9)18-4/h5-7H,14H2,1-4H3. The normalized spacial score (nSPS) is 10.4. The number of nitrogens with zero attached hydrogens (tertiary/aromatic N) is 2. The molecule has 0 radical (unpaired) electrons. The van der Waals surface area contributed by atoms with E-state index in [1.165, 1.54) is 0 Å². The Morgan fingerprint density at radius 3 is 2.44 bits per heavy atom. The minimum absolute atomic E-state index is 0.648. The second-order valence-electron chi connectivity index (χ2n) is 4.02. The predicted octanol–water partition coefficient (Wildman–Crippen LogP) is 1.99. The van der Waals surface area contributed by atoms with Crippen LogP contribution in [0.15, 0.2) is 18.2 Å². The lowest BCUT2D eigenvalue weighted by Crippen LogP contribution is -1.97. The molecular formula is C13H17N3O2. The lowest BCUT2D eigenvalue weighted by Gasteiger charge is -2.11. The minimum Gasteiger partial charge on any atom is -0.493 e. The third-order valence-electron chi connectivity index (χ3n) is 3.00. The van der Waals surface area contributed by atoms with Gasteiger partial charge in [-0.15, -0.1) is 0 Å². The fourth-order valence-electron chi connectivity index (χ4n) is 1.97. The molecule has 0 fully saturated rings. The molecule has 2 N–H and O–H groups in total. The average molecular weight is 247 g/mol. The molecular weight excluding hydrogens is 230 g/mol. The Hall–Kier alpha value is -2.17. The third-order valence-corrected chi connectivity index (χ3v) is 3.00.